The van der Waals surface area contributed by atoms with Crippen molar-refractivity contribution in [2.75, 3.05) is 0 Å². The predicted molar refractivity (Wildman–Crippen MR) is 55.6 cm³/mol. The van der Waals surface area contributed by atoms with Crippen LogP contribution in [0.2, 0.25) is 0 Å². The molecule has 2 heteroatoms. The molecule has 0 fully saturated rings. The SMILES string of the molecule is CC(N)c1ccc(C(C)(C)C)s1. The Hall–Kier alpha value is -0.340. The quantitative estimate of drug-likeness (QED) is 0.711. The van der Waals surface area contributed by atoms with Crippen LogP contribution in [0.5, 0.6) is 0 Å². The third kappa shape index (κ3) is 2.08. The van der Waals surface area contributed by atoms with Gasteiger partial charge in [0.15, 0.2) is 0 Å². The second kappa shape index (κ2) is 3.19. The van der Waals surface area contributed by atoms with Gasteiger partial charge in [0.25, 0.3) is 0 Å². The maximum absolute atomic E-state index is 5.78. The molecule has 1 heterocycles. The Kier molecular flexibility index (Phi) is 2.59. The molecule has 1 unspecified atom stereocenters. The zero-order valence-electron chi connectivity index (χ0n) is 8.22. The van der Waals surface area contributed by atoms with Gasteiger partial charge in [-0.1, -0.05) is 20.8 Å². The zero-order chi connectivity index (χ0) is 9.35. The van der Waals surface area contributed by atoms with Gasteiger partial charge in [-0.25, -0.2) is 0 Å². The van der Waals surface area contributed by atoms with Crippen molar-refractivity contribution in [3.05, 3.63) is 21.9 Å². The minimum atomic E-state index is 0.172. The van der Waals surface area contributed by atoms with E-state index in [4.69, 9.17) is 5.73 Å². The molecular weight excluding hydrogens is 166 g/mol. The smallest absolute Gasteiger partial charge is 0.0361 e. The first kappa shape index (κ1) is 9.75. The largest absolute Gasteiger partial charge is 0.324 e. The van der Waals surface area contributed by atoms with Crippen LogP contribution in [0.25, 0.3) is 0 Å². The molecule has 1 aromatic rings. The summed E-state index contributed by atoms with van der Waals surface area (Å²) >= 11 is 1.82. The molecule has 12 heavy (non-hydrogen) atoms. The van der Waals surface area contributed by atoms with Crippen molar-refractivity contribution >= 4 is 11.3 Å². The second-order valence-electron chi connectivity index (χ2n) is 4.24. The number of rotatable bonds is 1. The zero-order valence-corrected chi connectivity index (χ0v) is 9.03. The first-order chi connectivity index (χ1) is 5.41. The highest BCUT2D eigenvalue weighted by molar-refractivity contribution is 7.12. The van der Waals surface area contributed by atoms with Crippen LogP contribution in [-0.2, 0) is 5.41 Å². The van der Waals surface area contributed by atoms with Crippen LogP contribution >= 0.6 is 11.3 Å². The molecule has 1 rings (SSSR count). The molecule has 0 aliphatic rings. The molecule has 0 bridgehead atoms. The summed E-state index contributed by atoms with van der Waals surface area (Å²) in [4.78, 5) is 2.69. The minimum absolute atomic E-state index is 0.172. The van der Waals surface area contributed by atoms with E-state index in [9.17, 15) is 0 Å². The van der Waals surface area contributed by atoms with Crippen LogP contribution in [0, 0.1) is 0 Å². The predicted octanol–water partition coefficient (Wildman–Crippen LogP) is 3.07. The molecule has 1 atom stereocenters. The summed E-state index contributed by atoms with van der Waals surface area (Å²) in [5.41, 5.74) is 6.04. The van der Waals surface area contributed by atoms with Crippen molar-refractivity contribution in [3.63, 3.8) is 0 Å². The molecule has 0 aromatic carbocycles. The van der Waals surface area contributed by atoms with E-state index in [-0.39, 0.29) is 11.5 Å². The van der Waals surface area contributed by atoms with Gasteiger partial charge < -0.3 is 5.73 Å². The maximum Gasteiger partial charge on any atom is 0.0361 e. The Labute approximate surface area is 78.6 Å². The van der Waals surface area contributed by atoms with Crippen molar-refractivity contribution in [1.29, 1.82) is 0 Å². The summed E-state index contributed by atoms with van der Waals surface area (Å²) in [7, 11) is 0. The Morgan fingerprint density at radius 2 is 1.92 bits per heavy atom. The molecular formula is C10H17NS. The normalized spacial score (nSPS) is 14.8. The third-order valence-electron chi connectivity index (χ3n) is 1.81. The summed E-state index contributed by atoms with van der Waals surface area (Å²) in [5, 5.41) is 0. The highest BCUT2D eigenvalue weighted by Gasteiger charge is 2.16. The molecule has 0 amide bonds. The molecule has 2 N–H and O–H groups in total. The van der Waals surface area contributed by atoms with Crippen LogP contribution in [0.1, 0.15) is 43.5 Å². The highest BCUT2D eigenvalue weighted by Crippen LogP contribution is 2.31. The van der Waals surface area contributed by atoms with E-state index in [1.54, 1.807) is 0 Å². The molecule has 1 aromatic heterocycles. The van der Waals surface area contributed by atoms with Crippen molar-refractivity contribution in [2.45, 2.75) is 39.2 Å². The first-order valence-corrected chi connectivity index (χ1v) is 5.08. The van der Waals surface area contributed by atoms with Crippen molar-refractivity contribution in [2.24, 2.45) is 5.73 Å². The summed E-state index contributed by atoms with van der Waals surface area (Å²) in [5.74, 6) is 0. The lowest BCUT2D eigenvalue weighted by Crippen LogP contribution is -2.08. The lowest BCUT2D eigenvalue weighted by atomic mass is 9.95. The van der Waals surface area contributed by atoms with Gasteiger partial charge in [-0.2, -0.15) is 0 Å². The number of thiophene rings is 1. The summed E-state index contributed by atoms with van der Waals surface area (Å²) < 4.78 is 0. The average Bonchev–Trinajstić information content (AvgIpc) is 2.30. The second-order valence-corrected chi connectivity index (χ2v) is 5.36. The summed E-state index contributed by atoms with van der Waals surface area (Å²) in [6, 6.07) is 4.49. The van der Waals surface area contributed by atoms with Crippen molar-refractivity contribution in [3.8, 4) is 0 Å². The monoisotopic (exact) mass is 183 g/mol. The van der Waals surface area contributed by atoms with Gasteiger partial charge in [0.2, 0.25) is 0 Å². The van der Waals surface area contributed by atoms with Crippen LogP contribution in [0.15, 0.2) is 12.1 Å². The van der Waals surface area contributed by atoms with E-state index < -0.39 is 0 Å². The molecule has 0 aliphatic heterocycles. The standard InChI is InChI=1S/C10H17NS/c1-7(11)8-5-6-9(12-8)10(2,3)4/h5-7H,11H2,1-4H3. The first-order valence-electron chi connectivity index (χ1n) is 4.27. The lowest BCUT2D eigenvalue weighted by molar-refractivity contribution is 0.604. The number of hydrogen-bond donors (Lipinski definition) is 1. The fraction of sp³-hybridized carbons (Fsp3) is 0.600. The van der Waals surface area contributed by atoms with Gasteiger partial charge in [-0.05, 0) is 24.5 Å². The van der Waals surface area contributed by atoms with Crippen LogP contribution in [-0.4, -0.2) is 0 Å². The van der Waals surface area contributed by atoms with Crippen molar-refractivity contribution in [1.82, 2.24) is 0 Å². The molecule has 0 saturated heterocycles. The van der Waals surface area contributed by atoms with E-state index in [1.807, 2.05) is 18.3 Å². The van der Waals surface area contributed by atoms with Crippen LogP contribution in [0.3, 0.4) is 0 Å². The van der Waals surface area contributed by atoms with E-state index in [2.05, 4.69) is 32.9 Å². The van der Waals surface area contributed by atoms with Gasteiger partial charge >= 0.3 is 0 Å². The van der Waals surface area contributed by atoms with E-state index in [1.165, 1.54) is 9.75 Å². The molecule has 68 valence electrons. The van der Waals surface area contributed by atoms with Gasteiger partial charge in [0.1, 0.15) is 0 Å². The van der Waals surface area contributed by atoms with E-state index >= 15 is 0 Å². The third-order valence-corrected chi connectivity index (χ3v) is 3.53. The maximum atomic E-state index is 5.78. The van der Waals surface area contributed by atoms with E-state index in [0.29, 0.717) is 0 Å². The number of hydrogen-bond acceptors (Lipinski definition) is 2. The highest BCUT2D eigenvalue weighted by atomic mass is 32.1. The Morgan fingerprint density at radius 1 is 1.33 bits per heavy atom. The fourth-order valence-electron chi connectivity index (χ4n) is 1.00. The Balaban J connectivity index is 2.92. The molecule has 0 saturated carbocycles. The molecule has 0 radical (unpaired) electrons. The Morgan fingerprint density at radius 3 is 2.17 bits per heavy atom. The molecule has 0 aliphatic carbocycles. The summed E-state index contributed by atoms with van der Waals surface area (Å²) in [6.07, 6.45) is 0. The van der Waals surface area contributed by atoms with Crippen LogP contribution < -0.4 is 5.73 Å². The van der Waals surface area contributed by atoms with Crippen LogP contribution in [0.4, 0.5) is 0 Å². The number of nitrogens with two attached hydrogens (primary N) is 1. The lowest BCUT2D eigenvalue weighted by Gasteiger charge is -2.15. The Bertz CT molecular complexity index is 255. The fourth-order valence-corrected chi connectivity index (χ4v) is 2.02. The van der Waals surface area contributed by atoms with Gasteiger partial charge in [-0.3, -0.25) is 0 Å². The molecule has 0 spiro atoms. The topological polar surface area (TPSA) is 26.0 Å². The van der Waals surface area contributed by atoms with Crippen molar-refractivity contribution < 1.29 is 0 Å². The minimum Gasteiger partial charge on any atom is -0.324 e. The van der Waals surface area contributed by atoms with Gasteiger partial charge in [0.05, 0.1) is 0 Å². The molecule has 1 nitrogen and oxygen atoms in total. The van der Waals surface area contributed by atoms with E-state index in [0.717, 1.165) is 0 Å². The average molecular weight is 183 g/mol. The van der Waals surface area contributed by atoms with Gasteiger partial charge in [-0.15, -0.1) is 11.3 Å². The van der Waals surface area contributed by atoms with Gasteiger partial charge in [0, 0.05) is 15.8 Å². The summed E-state index contributed by atoms with van der Waals surface area (Å²) in [6.45, 7) is 8.70.